The minimum Gasteiger partial charge on any atom is -0.315 e. The average Bonchev–Trinajstić information content (AvgIpc) is 3.11. The van der Waals surface area contributed by atoms with Gasteiger partial charge in [0.05, 0.1) is 18.6 Å². The Hall–Kier alpha value is -1.84. The Morgan fingerprint density at radius 2 is 2.11 bits per heavy atom. The molecule has 6 nitrogen and oxygen atoms in total. The van der Waals surface area contributed by atoms with Crippen molar-refractivity contribution in [2.45, 2.75) is 32.1 Å². The lowest BCUT2D eigenvalue weighted by Crippen LogP contribution is -3.07. The van der Waals surface area contributed by atoms with E-state index in [-0.39, 0.29) is 23.2 Å². The highest BCUT2D eigenvalue weighted by atomic mass is 32.2. The highest BCUT2D eigenvalue weighted by Crippen LogP contribution is 2.28. The largest absolute Gasteiger partial charge is 0.315 e. The molecule has 1 N–H and O–H groups in total. The van der Waals surface area contributed by atoms with Crippen LogP contribution < -0.4 is 4.90 Å². The highest BCUT2D eigenvalue weighted by molar-refractivity contribution is 7.91. The summed E-state index contributed by atoms with van der Waals surface area (Å²) >= 11 is 5.57. The molecule has 1 unspecified atom stereocenters. The maximum atomic E-state index is 13.1. The molecule has 9 heteroatoms. The number of aromatic nitrogens is 3. The Morgan fingerprint density at radius 3 is 2.70 bits per heavy atom. The summed E-state index contributed by atoms with van der Waals surface area (Å²) in [4.78, 5) is 1.13. The highest BCUT2D eigenvalue weighted by Gasteiger charge is 2.33. The Labute approximate surface area is 163 Å². The van der Waals surface area contributed by atoms with E-state index in [0.29, 0.717) is 31.0 Å². The molecule has 1 aliphatic heterocycles. The van der Waals surface area contributed by atoms with Gasteiger partial charge in [0.2, 0.25) is 4.77 Å². The van der Waals surface area contributed by atoms with E-state index in [1.54, 1.807) is 22.9 Å². The molecule has 0 spiro atoms. The lowest BCUT2D eigenvalue weighted by molar-refractivity contribution is -0.917. The van der Waals surface area contributed by atoms with Crippen molar-refractivity contribution in [2.75, 3.05) is 18.6 Å². The third-order valence-electron chi connectivity index (χ3n) is 4.70. The van der Waals surface area contributed by atoms with E-state index in [9.17, 15) is 12.8 Å². The van der Waals surface area contributed by atoms with E-state index in [1.807, 2.05) is 11.6 Å². The monoisotopic (exact) mass is 411 g/mol. The number of nitrogens with zero attached hydrogens (tertiary/aromatic N) is 3. The van der Waals surface area contributed by atoms with E-state index in [0.717, 1.165) is 16.3 Å². The summed E-state index contributed by atoms with van der Waals surface area (Å²) in [5, 5.41) is 4.65. The summed E-state index contributed by atoms with van der Waals surface area (Å²) in [6.07, 6.45) is 2.31. The second-order valence-electron chi connectivity index (χ2n) is 7.06. The van der Waals surface area contributed by atoms with Crippen LogP contribution in [0.1, 0.15) is 23.7 Å². The van der Waals surface area contributed by atoms with Crippen LogP contribution in [0.3, 0.4) is 0 Å². The lowest BCUT2D eigenvalue weighted by atomic mass is 10.1. The zero-order valence-corrected chi connectivity index (χ0v) is 16.9. The van der Waals surface area contributed by atoms with Gasteiger partial charge in [0.25, 0.3) is 0 Å². The van der Waals surface area contributed by atoms with Crippen molar-refractivity contribution in [1.29, 1.82) is 0 Å². The standard InChI is InChI=1S/C18H23FN4O2S2/c1-3-9-22-17(15-8-10-27(24,25)12-15)20-23(18(22)26)13-21(2)11-14-4-6-16(19)7-5-14/h3-7,15H,1,8-13H2,2H3/p+1/t15-/m0/s1. The summed E-state index contributed by atoms with van der Waals surface area (Å²) in [7, 11) is -0.993. The third kappa shape index (κ3) is 4.72. The van der Waals surface area contributed by atoms with Gasteiger partial charge in [-0.3, -0.25) is 4.57 Å². The maximum Gasteiger partial charge on any atom is 0.203 e. The molecule has 0 aliphatic carbocycles. The van der Waals surface area contributed by atoms with E-state index < -0.39 is 9.84 Å². The minimum atomic E-state index is -3.00. The predicted molar refractivity (Wildman–Crippen MR) is 104 cm³/mol. The van der Waals surface area contributed by atoms with Gasteiger partial charge in [-0.05, 0) is 30.8 Å². The van der Waals surface area contributed by atoms with Crippen molar-refractivity contribution < 1.29 is 17.7 Å². The summed E-state index contributed by atoms with van der Waals surface area (Å²) in [6.45, 7) is 5.50. The fourth-order valence-corrected chi connectivity index (χ4v) is 5.44. The van der Waals surface area contributed by atoms with Gasteiger partial charge >= 0.3 is 0 Å². The smallest absolute Gasteiger partial charge is 0.203 e. The molecule has 2 heterocycles. The fraction of sp³-hybridized carbons (Fsp3) is 0.444. The van der Waals surface area contributed by atoms with Crippen LogP contribution in [-0.4, -0.2) is 41.3 Å². The van der Waals surface area contributed by atoms with Crippen molar-refractivity contribution in [1.82, 2.24) is 14.3 Å². The molecular formula is C18H24FN4O2S2+. The van der Waals surface area contributed by atoms with Crippen LogP contribution in [0.25, 0.3) is 0 Å². The summed E-state index contributed by atoms with van der Waals surface area (Å²) in [5.41, 5.74) is 1.02. The number of sulfone groups is 1. The molecule has 0 amide bonds. The van der Waals surface area contributed by atoms with Crippen LogP contribution in [0.5, 0.6) is 0 Å². The first-order chi connectivity index (χ1) is 12.8. The van der Waals surface area contributed by atoms with E-state index in [2.05, 4.69) is 11.7 Å². The van der Waals surface area contributed by atoms with Gasteiger partial charge in [-0.15, -0.1) is 6.58 Å². The molecule has 1 aliphatic rings. The van der Waals surface area contributed by atoms with E-state index >= 15 is 0 Å². The van der Waals surface area contributed by atoms with Crippen LogP contribution in [0.2, 0.25) is 0 Å². The molecule has 0 saturated carbocycles. The molecule has 27 heavy (non-hydrogen) atoms. The quantitative estimate of drug-likeness (QED) is 0.551. The molecule has 3 rings (SSSR count). The number of hydrogen-bond donors (Lipinski definition) is 1. The number of benzene rings is 1. The van der Waals surface area contributed by atoms with Crippen LogP contribution in [-0.2, 0) is 29.6 Å². The summed E-state index contributed by atoms with van der Waals surface area (Å²) < 4.78 is 41.0. The van der Waals surface area contributed by atoms with Crippen molar-refractivity contribution in [3.63, 3.8) is 0 Å². The van der Waals surface area contributed by atoms with Gasteiger partial charge in [-0.25, -0.2) is 12.8 Å². The molecule has 146 valence electrons. The summed E-state index contributed by atoms with van der Waals surface area (Å²) in [5.74, 6) is 0.652. The number of halogens is 1. The van der Waals surface area contributed by atoms with Crippen molar-refractivity contribution in [3.05, 3.63) is 58.9 Å². The molecule has 0 bridgehead atoms. The van der Waals surface area contributed by atoms with Crippen LogP contribution in [0.4, 0.5) is 4.39 Å². The van der Waals surface area contributed by atoms with Crippen molar-refractivity contribution in [3.8, 4) is 0 Å². The van der Waals surface area contributed by atoms with Gasteiger partial charge in [0.15, 0.2) is 16.5 Å². The number of allylic oxidation sites excluding steroid dienone is 1. The maximum absolute atomic E-state index is 13.1. The molecule has 1 fully saturated rings. The molecule has 0 radical (unpaired) electrons. The van der Waals surface area contributed by atoms with Gasteiger partial charge in [-0.1, -0.05) is 18.2 Å². The first-order valence-corrected chi connectivity index (χ1v) is 11.1. The van der Waals surface area contributed by atoms with Crippen molar-refractivity contribution >= 4 is 22.1 Å². The van der Waals surface area contributed by atoms with Crippen molar-refractivity contribution in [2.24, 2.45) is 0 Å². The number of quaternary nitrogens is 1. The number of hydrogen-bond acceptors (Lipinski definition) is 4. The van der Waals surface area contributed by atoms with Gasteiger partial charge in [-0.2, -0.15) is 9.78 Å². The molecule has 1 saturated heterocycles. The second kappa shape index (κ2) is 8.04. The molecule has 2 aromatic rings. The first-order valence-electron chi connectivity index (χ1n) is 8.83. The minimum absolute atomic E-state index is 0.119. The van der Waals surface area contributed by atoms with E-state index in [4.69, 9.17) is 12.2 Å². The van der Waals surface area contributed by atoms with E-state index in [1.165, 1.54) is 12.1 Å². The number of rotatable bonds is 7. The lowest BCUT2D eigenvalue weighted by Gasteiger charge is -2.13. The van der Waals surface area contributed by atoms with Crippen LogP contribution in [0.15, 0.2) is 36.9 Å². The topological polar surface area (TPSA) is 61.3 Å². The van der Waals surface area contributed by atoms with Gasteiger partial charge in [0, 0.05) is 18.0 Å². The second-order valence-corrected chi connectivity index (χ2v) is 9.65. The molecule has 1 aromatic carbocycles. The van der Waals surface area contributed by atoms with Crippen LogP contribution >= 0.6 is 12.2 Å². The Morgan fingerprint density at radius 1 is 1.41 bits per heavy atom. The average molecular weight is 412 g/mol. The third-order valence-corrected chi connectivity index (χ3v) is 6.90. The first kappa shape index (κ1) is 19.9. The Kier molecular flexibility index (Phi) is 5.92. The Bertz CT molecular complexity index is 980. The molecular weight excluding hydrogens is 387 g/mol. The zero-order chi connectivity index (χ0) is 19.6. The zero-order valence-electron chi connectivity index (χ0n) is 15.3. The normalized spacial score (nSPS) is 19.9. The number of nitrogens with one attached hydrogen (secondary N) is 1. The molecule has 1 aromatic heterocycles. The fourth-order valence-electron chi connectivity index (χ4n) is 3.42. The molecule has 2 atom stereocenters. The SMILES string of the molecule is C=CCn1c([C@H]2CCS(=O)(=O)C2)nn(C[NH+](C)Cc2ccc(F)cc2)c1=S. The van der Waals surface area contributed by atoms with Gasteiger partial charge < -0.3 is 4.90 Å². The van der Waals surface area contributed by atoms with Crippen LogP contribution in [0, 0.1) is 10.6 Å². The summed E-state index contributed by atoms with van der Waals surface area (Å²) in [6, 6.07) is 6.43. The predicted octanol–water partition coefficient (Wildman–Crippen LogP) is 1.31. The Balaban J connectivity index is 1.81. The van der Waals surface area contributed by atoms with Gasteiger partial charge in [0.1, 0.15) is 18.2 Å².